The van der Waals surface area contributed by atoms with Crippen LogP contribution in [-0.4, -0.2) is 20.2 Å². The van der Waals surface area contributed by atoms with E-state index in [9.17, 15) is 0 Å². The van der Waals surface area contributed by atoms with Crippen molar-refractivity contribution >= 4 is 0 Å². The van der Waals surface area contributed by atoms with Gasteiger partial charge in [0.2, 0.25) is 0 Å². The lowest BCUT2D eigenvalue weighted by atomic mass is 10.1. The minimum absolute atomic E-state index is 0.670. The molecule has 1 aromatic carbocycles. The maximum Gasteiger partial charge on any atom is 0.122 e. The van der Waals surface area contributed by atoms with Crippen LogP contribution in [0.4, 0.5) is 0 Å². The molecule has 0 saturated carbocycles. The smallest absolute Gasteiger partial charge is 0.122 e. The molecule has 0 aliphatic heterocycles. The van der Waals surface area contributed by atoms with E-state index in [1.165, 1.54) is 5.56 Å². The molecule has 0 radical (unpaired) electrons. The minimum Gasteiger partial charge on any atom is -0.496 e. The van der Waals surface area contributed by atoms with E-state index >= 15 is 0 Å². The summed E-state index contributed by atoms with van der Waals surface area (Å²) in [6.45, 7) is 4.39. The third-order valence-electron chi connectivity index (χ3n) is 2.12. The molecule has 0 spiro atoms. The SMILES string of the molecule is COc1cc(CNCCN)ccc1C. The highest BCUT2D eigenvalue weighted by atomic mass is 16.5. The molecule has 78 valence electrons. The van der Waals surface area contributed by atoms with Crippen LogP contribution in [0.3, 0.4) is 0 Å². The highest BCUT2D eigenvalue weighted by Gasteiger charge is 1.99. The van der Waals surface area contributed by atoms with E-state index in [2.05, 4.69) is 23.5 Å². The summed E-state index contributed by atoms with van der Waals surface area (Å²) in [5.74, 6) is 0.942. The number of aryl methyl sites for hydroxylation is 1. The monoisotopic (exact) mass is 194 g/mol. The van der Waals surface area contributed by atoms with E-state index in [4.69, 9.17) is 10.5 Å². The Morgan fingerprint density at radius 1 is 1.43 bits per heavy atom. The summed E-state index contributed by atoms with van der Waals surface area (Å²) in [7, 11) is 1.69. The van der Waals surface area contributed by atoms with Crippen molar-refractivity contribution in [1.29, 1.82) is 0 Å². The second-order valence-electron chi connectivity index (χ2n) is 3.27. The summed E-state index contributed by atoms with van der Waals surface area (Å²) in [4.78, 5) is 0. The molecule has 0 atom stereocenters. The van der Waals surface area contributed by atoms with Crippen LogP contribution >= 0.6 is 0 Å². The van der Waals surface area contributed by atoms with Gasteiger partial charge in [-0.2, -0.15) is 0 Å². The van der Waals surface area contributed by atoms with Crippen molar-refractivity contribution in [2.24, 2.45) is 5.73 Å². The van der Waals surface area contributed by atoms with Gasteiger partial charge in [-0.05, 0) is 24.1 Å². The topological polar surface area (TPSA) is 47.3 Å². The van der Waals surface area contributed by atoms with Crippen LogP contribution in [0, 0.1) is 6.92 Å². The number of hydrogen-bond acceptors (Lipinski definition) is 3. The van der Waals surface area contributed by atoms with Crippen molar-refractivity contribution in [3.63, 3.8) is 0 Å². The van der Waals surface area contributed by atoms with Gasteiger partial charge in [0.25, 0.3) is 0 Å². The van der Waals surface area contributed by atoms with E-state index in [1.54, 1.807) is 7.11 Å². The van der Waals surface area contributed by atoms with E-state index in [1.807, 2.05) is 6.92 Å². The molecular formula is C11H18N2O. The van der Waals surface area contributed by atoms with Crippen molar-refractivity contribution in [3.8, 4) is 5.75 Å². The van der Waals surface area contributed by atoms with Crippen LogP contribution in [0.5, 0.6) is 5.75 Å². The molecule has 0 unspecified atom stereocenters. The first-order valence-corrected chi connectivity index (χ1v) is 4.82. The number of methoxy groups -OCH3 is 1. The lowest BCUT2D eigenvalue weighted by Gasteiger charge is -2.08. The first-order valence-electron chi connectivity index (χ1n) is 4.82. The molecule has 14 heavy (non-hydrogen) atoms. The number of ether oxygens (including phenoxy) is 1. The molecular weight excluding hydrogens is 176 g/mol. The first kappa shape index (κ1) is 11.0. The lowest BCUT2D eigenvalue weighted by Crippen LogP contribution is -2.21. The molecule has 3 N–H and O–H groups in total. The Bertz CT molecular complexity index is 287. The average molecular weight is 194 g/mol. The predicted molar refractivity (Wildman–Crippen MR) is 58.5 cm³/mol. The molecule has 0 saturated heterocycles. The number of rotatable bonds is 5. The van der Waals surface area contributed by atoms with Gasteiger partial charge in [0, 0.05) is 19.6 Å². The molecule has 0 fully saturated rings. The zero-order chi connectivity index (χ0) is 10.4. The van der Waals surface area contributed by atoms with E-state index in [0.717, 1.165) is 24.4 Å². The molecule has 0 heterocycles. The standard InChI is InChI=1S/C11H18N2O/c1-9-3-4-10(7-11(9)14-2)8-13-6-5-12/h3-4,7,13H,5-6,8,12H2,1-2H3. The molecule has 0 aliphatic rings. The zero-order valence-corrected chi connectivity index (χ0v) is 8.84. The Balaban J connectivity index is 2.60. The van der Waals surface area contributed by atoms with Crippen molar-refractivity contribution in [3.05, 3.63) is 29.3 Å². The van der Waals surface area contributed by atoms with Crippen LogP contribution in [0.1, 0.15) is 11.1 Å². The molecule has 0 amide bonds. The van der Waals surface area contributed by atoms with E-state index < -0.39 is 0 Å². The Kier molecular flexibility index (Phi) is 4.43. The highest BCUT2D eigenvalue weighted by molar-refractivity contribution is 5.36. The summed E-state index contributed by atoms with van der Waals surface area (Å²) in [5.41, 5.74) is 7.77. The van der Waals surface area contributed by atoms with Crippen LogP contribution < -0.4 is 15.8 Å². The van der Waals surface area contributed by atoms with E-state index in [-0.39, 0.29) is 0 Å². The quantitative estimate of drug-likeness (QED) is 0.689. The molecule has 1 aromatic rings. The van der Waals surface area contributed by atoms with Gasteiger partial charge in [0.15, 0.2) is 0 Å². The fourth-order valence-corrected chi connectivity index (χ4v) is 1.31. The highest BCUT2D eigenvalue weighted by Crippen LogP contribution is 2.18. The summed E-state index contributed by atoms with van der Waals surface area (Å²) < 4.78 is 5.24. The normalized spacial score (nSPS) is 10.2. The summed E-state index contributed by atoms with van der Waals surface area (Å²) >= 11 is 0. The second-order valence-corrected chi connectivity index (χ2v) is 3.27. The van der Waals surface area contributed by atoms with Gasteiger partial charge in [0.1, 0.15) is 5.75 Å². The molecule has 0 aromatic heterocycles. The van der Waals surface area contributed by atoms with E-state index in [0.29, 0.717) is 6.54 Å². The van der Waals surface area contributed by atoms with Crippen molar-refractivity contribution < 1.29 is 4.74 Å². The van der Waals surface area contributed by atoms with Gasteiger partial charge in [-0.25, -0.2) is 0 Å². The lowest BCUT2D eigenvalue weighted by molar-refractivity contribution is 0.411. The van der Waals surface area contributed by atoms with Crippen LogP contribution in [0.15, 0.2) is 18.2 Å². The molecule has 0 aliphatic carbocycles. The fourth-order valence-electron chi connectivity index (χ4n) is 1.31. The maximum atomic E-state index is 5.39. The Morgan fingerprint density at radius 3 is 2.86 bits per heavy atom. The van der Waals surface area contributed by atoms with Gasteiger partial charge in [-0.1, -0.05) is 12.1 Å². The molecule has 1 rings (SSSR count). The predicted octanol–water partition coefficient (Wildman–Crippen LogP) is 1.05. The fraction of sp³-hybridized carbons (Fsp3) is 0.455. The zero-order valence-electron chi connectivity index (χ0n) is 8.84. The molecule has 0 bridgehead atoms. The number of hydrogen-bond donors (Lipinski definition) is 2. The molecule has 3 nitrogen and oxygen atoms in total. The van der Waals surface area contributed by atoms with Gasteiger partial charge >= 0.3 is 0 Å². The van der Waals surface area contributed by atoms with Crippen molar-refractivity contribution in [2.75, 3.05) is 20.2 Å². The first-order chi connectivity index (χ1) is 6.77. The number of nitrogens with one attached hydrogen (secondary N) is 1. The number of nitrogens with two attached hydrogens (primary N) is 1. The van der Waals surface area contributed by atoms with Gasteiger partial charge in [0.05, 0.1) is 7.11 Å². The van der Waals surface area contributed by atoms with Gasteiger partial charge < -0.3 is 15.8 Å². The number of benzene rings is 1. The largest absolute Gasteiger partial charge is 0.496 e. The summed E-state index contributed by atoms with van der Waals surface area (Å²) in [6, 6.07) is 6.22. The minimum atomic E-state index is 0.670. The average Bonchev–Trinajstić information content (AvgIpc) is 2.21. The van der Waals surface area contributed by atoms with Gasteiger partial charge in [-0.3, -0.25) is 0 Å². The van der Waals surface area contributed by atoms with Crippen LogP contribution in [-0.2, 0) is 6.54 Å². The maximum absolute atomic E-state index is 5.39. The van der Waals surface area contributed by atoms with Crippen molar-refractivity contribution in [1.82, 2.24) is 5.32 Å². The van der Waals surface area contributed by atoms with Gasteiger partial charge in [-0.15, -0.1) is 0 Å². The Morgan fingerprint density at radius 2 is 2.21 bits per heavy atom. The summed E-state index contributed by atoms with van der Waals surface area (Å²) in [5, 5.41) is 3.24. The third-order valence-corrected chi connectivity index (χ3v) is 2.12. The van der Waals surface area contributed by atoms with Crippen molar-refractivity contribution in [2.45, 2.75) is 13.5 Å². The third kappa shape index (κ3) is 3.01. The van der Waals surface area contributed by atoms with Crippen LogP contribution in [0.25, 0.3) is 0 Å². The Hall–Kier alpha value is -1.06. The summed E-state index contributed by atoms with van der Waals surface area (Å²) in [6.07, 6.45) is 0. The molecule has 3 heteroatoms. The second kappa shape index (κ2) is 5.62. The van der Waals surface area contributed by atoms with Crippen LogP contribution in [0.2, 0.25) is 0 Å². The Labute approximate surface area is 85.3 Å².